The minimum absolute atomic E-state index is 0.00283. The molecule has 9 nitrogen and oxygen atoms in total. The number of amides is 1. The molecular weight excluding hydrogens is 547 g/mol. The fourth-order valence-electron chi connectivity index (χ4n) is 4.52. The maximum atomic E-state index is 13.6. The number of aryl methyl sites for hydroxylation is 1. The van der Waals surface area contributed by atoms with Crippen molar-refractivity contribution in [2.45, 2.75) is 46.0 Å². The monoisotopic (exact) mass is 569 g/mol. The summed E-state index contributed by atoms with van der Waals surface area (Å²) >= 11 is 11.2. The number of H-pyrrole nitrogens is 1. The number of fused-ring (bicyclic) bond motifs is 1. The number of aromatic amines is 1. The summed E-state index contributed by atoms with van der Waals surface area (Å²) < 4.78 is 47.7. The molecule has 2 aromatic heterocycles. The van der Waals surface area contributed by atoms with E-state index in [1.165, 1.54) is 20.1 Å². The lowest BCUT2D eigenvalue weighted by atomic mass is 9.98. The van der Waals surface area contributed by atoms with Crippen LogP contribution >= 0.6 is 23.8 Å². The van der Waals surface area contributed by atoms with Crippen molar-refractivity contribution >= 4 is 35.7 Å². The lowest BCUT2D eigenvalue weighted by molar-refractivity contribution is -0.137. The predicted octanol–water partition coefficient (Wildman–Crippen LogP) is 4.37. The standard InChI is InChI=1S/C24H23ClF3N5O4S/c1-5-37-22(36)18-29-12(3)19(31(18)4)33-21(35)14-8-11(2)32(10-17(14)30-23(33)38)20(34)13-6-7-16(25)15(9-13)24(26,27)28/h6-7,9,11H,5,8,10H2,1-4H3,(H,30,38)/t11-/m1/s1. The van der Waals surface area contributed by atoms with Crippen molar-refractivity contribution in [3.8, 4) is 5.82 Å². The molecule has 202 valence electrons. The van der Waals surface area contributed by atoms with Crippen LogP contribution in [0.2, 0.25) is 5.02 Å². The number of carbonyl (C=O) groups is 2. The van der Waals surface area contributed by atoms with Gasteiger partial charge >= 0.3 is 12.1 Å². The van der Waals surface area contributed by atoms with Crippen LogP contribution in [0.1, 0.15) is 57.3 Å². The zero-order valence-corrected chi connectivity index (χ0v) is 22.3. The number of aromatic nitrogens is 4. The van der Waals surface area contributed by atoms with Gasteiger partial charge in [-0.05, 0) is 57.6 Å². The van der Waals surface area contributed by atoms with E-state index in [-0.39, 0.29) is 41.5 Å². The summed E-state index contributed by atoms with van der Waals surface area (Å²) in [6.07, 6.45) is -4.60. The molecule has 0 saturated heterocycles. The molecule has 3 heterocycles. The molecule has 1 atom stereocenters. The van der Waals surface area contributed by atoms with E-state index in [4.69, 9.17) is 28.6 Å². The van der Waals surface area contributed by atoms with Gasteiger partial charge in [0.1, 0.15) is 5.82 Å². The second kappa shape index (κ2) is 10.0. The topological polar surface area (TPSA) is 102 Å². The average molecular weight is 570 g/mol. The summed E-state index contributed by atoms with van der Waals surface area (Å²) in [5.74, 6) is -1.00. The minimum atomic E-state index is -4.72. The molecule has 1 N–H and O–H groups in total. The zero-order valence-electron chi connectivity index (χ0n) is 20.8. The summed E-state index contributed by atoms with van der Waals surface area (Å²) in [4.78, 5) is 47.7. The number of alkyl halides is 3. The number of imidazole rings is 1. The number of rotatable bonds is 4. The average Bonchev–Trinajstić information content (AvgIpc) is 3.12. The van der Waals surface area contributed by atoms with Crippen molar-refractivity contribution in [3.05, 3.63) is 72.2 Å². The van der Waals surface area contributed by atoms with Crippen LogP contribution < -0.4 is 5.56 Å². The summed E-state index contributed by atoms with van der Waals surface area (Å²) in [7, 11) is 1.56. The first-order valence-corrected chi connectivity index (χ1v) is 12.3. The summed E-state index contributed by atoms with van der Waals surface area (Å²) in [6, 6.07) is 2.47. The highest BCUT2D eigenvalue weighted by atomic mass is 35.5. The van der Waals surface area contributed by atoms with E-state index >= 15 is 0 Å². The van der Waals surface area contributed by atoms with Crippen molar-refractivity contribution in [3.63, 3.8) is 0 Å². The highest BCUT2D eigenvalue weighted by Gasteiger charge is 2.36. The van der Waals surface area contributed by atoms with Crippen molar-refractivity contribution in [2.24, 2.45) is 7.05 Å². The molecule has 1 aromatic carbocycles. The summed E-state index contributed by atoms with van der Waals surface area (Å²) in [5, 5.41) is -0.507. The van der Waals surface area contributed by atoms with Gasteiger partial charge in [0.15, 0.2) is 4.77 Å². The Morgan fingerprint density at radius 3 is 2.63 bits per heavy atom. The molecule has 0 bridgehead atoms. The Morgan fingerprint density at radius 1 is 1.32 bits per heavy atom. The van der Waals surface area contributed by atoms with E-state index in [0.717, 1.165) is 12.1 Å². The number of benzene rings is 1. The van der Waals surface area contributed by atoms with Crippen LogP contribution in [0.5, 0.6) is 0 Å². The molecule has 0 radical (unpaired) electrons. The number of ether oxygens (including phenoxy) is 1. The van der Waals surface area contributed by atoms with E-state index in [9.17, 15) is 27.6 Å². The molecule has 4 rings (SSSR count). The summed E-state index contributed by atoms with van der Waals surface area (Å²) in [6.45, 7) is 5.07. The normalized spacial score (nSPS) is 15.4. The number of nitrogens with one attached hydrogen (secondary N) is 1. The lowest BCUT2D eigenvalue weighted by Crippen LogP contribution is -2.46. The van der Waals surface area contributed by atoms with Gasteiger partial charge in [0, 0.05) is 29.9 Å². The second-order valence-corrected chi connectivity index (χ2v) is 9.62. The first-order valence-electron chi connectivity index (χ1n) is 11.5. The van der Waals surface area contributed by atoms with Gasteiger partial charge in [-0.15, -0.1) is 0 Å². The third kappa shape index (κ3) is 4.75. The second-order valence-electron chi connectivity index (χ2n) is 8.83. The van der Waals surface area contributed by atoms with E-state index in [0.29, 0.717) is 17.0 Å². The highest BCUT2D eigenvalue weighted by Crippen LogP contribution is 2.35. The summed E-state index contributed by atoms with van der Waals surface area (Å²) in [5.41, 5.74) is -0.623. The van der Waals surface area contributed by atoms with E-state index < -0.39 is 40.2 Å². The number of esters is 1. The Labute approximate surface area is 224 Å². The van der Waals surface area contributed by atoms with Crippen LogP contribution in [0, 0.1) is 11.7 Å². The molecule has 0 unspecified atom stereocenters. The maximum absolute atomic E-state index is 13.6. The molecule has 1 aliphatic rings. The number of hydrogen-bond acceptors (Lipinski definition) is 6. The highest BCUT2D eigenvalue weighted by molar-refractivity contribution is 7.71. The molecule has 3 aromatic rings. The van der Waals surface area contributed by atoms with Crippen LogP contribution in [-0.2, 0) is 30.9 Å². The number of hydrogen-bond donors (Lipinski definition) is 1. The van der Waals surface area contributed by atoms with Gasteiger partial charge in [-0.25, -0.2) is 14.3 Å². The van der Waals surface area contributed by atoms with Crippen LogP contribution in [0.3, 0.4) is 0 Å². The molecule has 0 spiro atoms. The van der Waals surface area contributed by atoms with Crippen molar-refractivity contribution in [1.82, 2.24) is 24.0 Å². The van der Waals surface area contributed by atoms with Gasteiger partial charge < -0.3 is 19.2 Å². The SMILES string of the molecule is CCOC(=O)c1nc(C)c(-n2c(=S)[nH]c3c(c2=O)C[C@@H](C)N(C(=O)c2ccc(Cl)c(C(F)(F)F)c2)C3)n1C. The Balaban J connectivity index is 1.74. The van der Waals surface area contributed by atoms with Crippen LogP contribution in [0.15, 0.2) is 23.0 Å². The Bertz CT molecular complexity index is 1580. The van der Waals surface area contributed by atoms with Crippen molar-refractivity contribution in [2.75, 3.05) is 6.61 Å². The lowest BCUT2D eigenvalue weighted by Gasteiger charge is -2.34. The molecule has 1 amide bonds. The van der Waals surface area contributed by atoms with E-state index in [1.54, 1.807) is 27.8 Å². The molecule has 0 fully saturated rings. The van der Waals surface area contributed by atoms with E-state index in [1.807, 2.05) is 0 Å². The Morgan fingerprint density at radius 2 is 2.00 bits per heavy atom. The van der Waals surface area contributed by atoms with E-state index in [2.05, 4.69) is 9.97 Å². The van der Waals surface area contributed by atoms with Crippen molar-refractivity contribution < 1.29 is 27.5 Å². The van der Waals surface area contributed by atoms with Gasteiger partial charge in [0.05, 0.1) is 29.4 Å². The molecule has 0 aliphatic carbocycles. The van der Waals surface area contributed by atoms with Gasteiger partial charge in [-0.2, -0.15) is 13.2 Å². The van der Waals surface area contributed by atoms with Gasteiger partial charge in [0.2, 0.25) is 5.82 Å². The van der Waals surface area contributed by atoms with Crippen LogP contribution in [-0.4, -0.2) is 48.5 Å². The molecule has 14 heteroatoms. The number of carbonyl (C=O) groups excluding carboxylic acids is 2. The van der Waals surface area contributed by atoms with Crippen LogP contribution in [0.25, 0.3) is 5.82 Å². The third-order valence-corrected chi connectivity index (χ3v) is 6.94. The number of halogens is 4. The Hall–Kier alpha value is -3.45. The first-order chi connectivity index (χ1) is 17.8. The van der Waals surface area contributed by atoms with Crippen LogP contribution in [0.4, 0.5) is 13.2 Å². The zero-order chi connectivity index (χ0) is 28.1. The van der Waals surface area contributed by atoms with Crippen molar-refractivity contribution in [1.29, 1.82) is 0 Å². The smallest absolute Gasteiger partial charge is 0.417 e. The minimum Gasteiger partial charge on any atom is -0.460 e. The molecule has 0 saturated carbocycles. The number of nitrogens with zero attached hydrogens (tertiary/aromatic N) is 4. The quantitative estimate of drug-likeness (QED) is 0.370. The largest absolute Gasteiger partial charge is 0.460 e. The first kappa shape index (κ1) is 27.6. The molecular formula is C24H23ClF3N5O4S. The fourth-order valence-corrected chi connectivity index (χ4v) is 5.03. The Kier molecular flexibility index (Phi) is 7.28. The molecule has 38 heavy (non-hydrogen) atoms. The van der Waals surface area contributed by atoms with Gasteiger partial charge in [0.25, 0.3) is 11.5 Å². The third-order valence-electron chi connectivity index (χ3n) is 6.33. The van der Waals surface area contributed by atoms with Gasteiger partial charge in [-0.3, -0.25) is 9.59 Å². The van der Waals surface area contributed by atoms with Gasteiger partial charge in [-0.1, -0.05) is 11.6 Å². The maximum Gasteiger partial charge on any atom is 0.417 e. The predicted molar refractivity (Wildman–Crippen MR) is 134 cm³/mol. The fraction of sp³-hybridized carbons (Fsp3) is 0.375. The molecule has 1 aliphatic heterocycles.